The van der Waals surface area contributed by atoms with Crippen LogP contribution in [0.4, 0.5) is 0 Å². The third kappa shape index (κ3) is 11.2. The number of hydrogen-bond acceptors (Lipinski definition) is 6. The van der Waals surface area contributed by atoms with Crippen molar-refractivity contribution in [3.8, 4) is 11.5 Å². The van der Waals surface area contributed by atoms with Crippen LogP contribution in [0.3, 0.4) is 0 Å². The van der Waals surface area contributed by atoms with Crippen LogP contribution in [0.2, 0.25) is 0 Å². The lowest BCUT2D eigenvalue weighted by Gasteiger charge is -2.13. The summed E-state index contributed by atoms with van der Waals surface area (Å²) in [5, 5.41) is 0. The highest BCUT2D eigenvalue weighted by molar-refractivity contribution is 7.60. The standard InChI is InChI=1S/C12H11O4P.H4O7P2/c13-17(14,15-11-7-3-1-4-8-11)16-12-9-5-2-6-10-12;1-8(2,3)7-9(4,5)6/h1-10H,(H,13,14);(H2,1,2,3)(H2,4,5,6). The Balaban J connectivity index is 0.000000321. The molecule has 144 valence electrons. The molecule has 2 aromatic carbocycles. The number of hydrogen-bond donors (Lipinski definition) is 5. The molecule has 2 aromatic rings. The maximum atomic E-state index is 11.7. The third-order valence-electron chi connectivity index (χ3n) is 2.14. The van der Waals surface area contributed by atoms with Gasteiger partial charge in [-0.25, -0.2) is 13.7 Å². The van der Waals surface area contributed by atoms with Gasteiger partial charge in [-0.2, -0.15) is 4.31 Å². The van der Waals surface area contributed by atoms with Crippen LogP contribution in [0.25, 0.3) is 0 Å². The van der Waals surface area contributed by atoms with Gasteiger partial charge in [-0.15, -0.1) is 0 Å². The summed E-state index contributed by atoms with van der Waals surface area (Å²) in [7, 11) is -14.2. The second-order valence-corrected chi connectivity index (χ2v) is 8.26. The molecule has 0 saturated carbocycles. The van der Waals surface area contributed by atoms with Crippen molar-refractivity contribution in [2.75, 3.05) is 0 Å². The Morgan fingerprint density at radius 2 is 0.885 bits per heavy atom. The Morgan fingerprint density at radius 3 is 1.12 bits per heavy atom. The van der Waals surface area contributed by atoms with E-state index in [9.17, 15) is 18.6 Å². The molecule has 0 atom stereocenters. The maximum absolute atomic E-state index is 11.7. The van der Waals surface area contributed by atoms with Crippen LogP contribution in [0.5, 0.6) is 11.5 Å². The van der Waals surface area contributed by atoms with Crippen molar-refractivity contribution in [2.45, 2.75) is 0 Å². The zero-order valence-electron chi connectivity index (χ0n) is 12.8. The van der Waals surface area contributed by atoms with Crippen molar-refractivity contribution in [3.05, 3.63) is 60.7 Å². The monoisotopic (exact) mass is 428 g/mol. The molecule has 0 spiro atoms. The van der Waals surface area contributed by atoms with Crippen LogP contribution < -0.4 is 9.05 Å². The molecule has 2 rings (SSSR count). The van der Waals surface area contributed by atoms with Crippen molar-refractivity contribution in [1.82, 2.24) is 0 Å². The predicted molar refractivity (Wildman–Crippen MR) is 89.1 cm³/mol. The van der Waals surface area contributed by atoms with E-state index in [0.717, 1.165) is 0 Å². The number of rotatable bonds is 6. The van der Waals surface area contributed by atoms with Crippen LogP contribution >= 0.6 is 23.5 Å². The van der Waals surface area contributed by atoms with Gasteiger partial charge in [0, 0.05) is 0 Å². The maximum Gasteiger partial charge on any atom is 0.584 e. The van der Waals surface area contributed by atoms with E-state index in [0.29, 0.717) is 0 Å². The first-order valence-corrected chi connectivity index (χ1v) is 11.1. The molecule has 26 heavy (non-hydrogen) atoms. The first-order chi connectivity index (χ1) is 11.9. The lowest BCUT2D eigenvalue weighted by Crippen LogP contribution is -1.99. The van der Waals surface area contributed by atoms with Crippen LogP contribution in [0.15, 0.2) is 60.7 Å². The predicted octanol–water partition coefficient (Wildman–Crippen LogP) is 2.43. The molecular formula is C12H15O11P3. The van der Waals surface area contributed by atoms with E-state index < -0.39 is 23.5 Å². The quantitative estimate of drug-likeness (QED) is 0.426. The molecule has 0 aliphatic carbocycles. The fourth-order valence-corrected chi connectivity index (χ4v) is 3.31. The lowest BCUT2D eigenvalue weighted by molar-refractivity contribution is 0.225. The summed E-state index contributed by atoms with van der Waals surface area (Å²) in [6.07, 6.45) is 0. The molecule has 0 bridgehead atoms. The fourth-order valence-electron chi connectivity index (χ4n) is 1.39. The van der Waals surface area contributed by atoms with Crippen LogP contribution in [0, 0.1) is 0 Å². The number of phosphoric acid groups is 3. The highest BCUT2D eigenvalue weighted by Gasteiger charge is 2.28. The summed E-state index contributed by atoms with van der Waals surface area (Å²) in [6.45, 7) is 0. The second kappa shape index (κ2) is 9.43. The number of para-hydroxylation sites is 2. The van der Waals surface area contributed by atoms with Gasteiger partial charge in [-0.3, -0.25) is 4.89 Å². The molecule has 0 aliphatic rings. The summed E-state index contributed by atoms with van der Waals surface area (Å²) in [4.78, 5) is 40.5. The van der Waals surface area contributed by atoms with Crippen LogP contribution in [-0.2, 0) is 18.0 Å². The Bertz CT molecular complexity index is 749. The van der Waals surface area contributed by atoms with Gasteiger partial charge < -0.3 is 28.6 Å². The summed E-state index contributed by atoms with van der Waals surface area (Å²) < 4.78 is 43.7. The fraction of sp³-hybridized carbons (Fsp3) is 0. The minimum absolute atomic E-state index is 0.286. The van der Waals surface area contributed by atoms with E-state index in [4.69, 9.17) is 28.6 Å². The van der Waals surface area contributed by atoms with E-state index in [2.05, 4.69) is 4.31 Å². The molecule has 0 aromatic heterocycles. The molecular weight excluding hydrogens is 413 g/mol. The summed E-state index contributed by atoms with van der Waals surface area (Å²) in [6, 6.07) is 16.7. The van der Waals surface area contributed by atoms with Gasteiger partial charge in [0.05, 0.1) is 0 Å². The van der Waals surface area contributed by atoms with Gasteiger partial charge in [0.25, 0.3) is 0 Å². The average molecular weight is 428 g/mol. The lowest BCUT2D eigenvalue weighted by atomic mass is 10.3. The molecule has 0 aliphatic heterocycles. The number of benzene rings is 2. The van der Waals surface area contributed by atoms with Gasteiger partial charge >= 0.3 is 23.5 Å². The third-order valence-corrected chi connectivity index (χ3v) is 4.73. The molecule has 0 unspecified atom stereocenters. The molecule has 0 amide bonds. The van der Waals surface area contributed by atoms with Gasteiger partial charge in [-0.05, 0) is 24.3 Å². The van der Waals surface area contributed by atoms with Crippen molar-refractivity contribution >= 4 is 23.5 Å². The smallest absolute Gasteiger partial charge is 0.395 e. The first-order valence-electron chi connectivity index (χ1n) is 6.51. The topological polar surface area (TPSA) is 180 Å². The first kappa shape index (κ1) is 22.5. The molecule has 14 heteroatoms. The van der Waals surface area contributed by atoms with Gasteiger partial charge in [0.15, 0.2) is 0 Å². The summed E-state index contributed by atoms with van der Waals surface area (Å²) in [5.41, 5.74) is 0. The minimum Gasteiger partial charge on any atom is -0.395 e. The molecule has 11 nitrogen and oxygen atoms in total. The van der Waals surface area contributed by atoms with E-state index in [1.54, 1.807) is 60.7 Å². The van der Waals surface area contributed by atoms with E-state index >= 15 is 0 Å². The van der Waals surface area contributed by atoms with E-state index in [-0.39, 0.29) is 11.5 Å². The highest BCUT2D eigenvalue weighted by Crippen LogP contribution is 2.53. The SMILES string of the molecule is O=P(O)(O)OP(=O)(O)O.O=P(O)(Oc1ccccc1)Oc1ccccc1. The zero-order chi connectivity index (χ0) is 19.8. The number of phosphoric ester groups is 1. The molecule has 5 N–H and O–H groups in total. The molecule has 0 fully saturated rings. The van der Waals surface area contributed by atoms with Crippen LogP contribution in [0.1, 0.15) is 0 Å². The van der Waals surface area contributed by atoms with Crippen molar-refractivity contribution in [3.63, 3.8) is 0 Å². The largest absolute Gasteiger partial charge is 0.584 e. The second-order valence-electron chi connectivity index (χ2n) is 4.34. The Morgan fingerprint density at radius 1 is 0.577 bits per heavy atom. The Hall–Kier alpha value is -1.51. The van der Waals surface area contributed by atoms with E-state index in [1.165, 1.54) is 0 Å². The minimum atomic E-state index is -5.05. The average Bonchev–Trinajstić information content (AvgIpc) is 2.45. The van der Waals surface area contributed by atoms with Crippen LogP contribution in [-0.4, -0.2) is 24.5 Å². The molecule has 0 saturated heterocycles. The van der Waals surface area contributed by atoms with Gasteiger partial charge in [0.1, 0.15) is 11.5 Å². The van der Waals surface area contributed by atoms with Crippen molar-refractivity contribution in [2.24, 2.45) is 0 Å². The highest BCUT2D eigenvalue weighted by atomic mass is 31.3. The Kier molecular flexibility index (Phi) is 8.17. The molecule has 0 heterocycles. The zero-order valence-corrected chi connectivity index (χ0v) is 15.5. The Labute approximate surface area is 147 Å². The summed E-state index contributed by atoms with van der Waals surface area (Å²) in [5.74, 6) is 0.573. The normalized spacial score (nSPS) is 11.9. The van der Waals surface area contributed by atoms with E-state index in [1.807, 2.05) is 0 Å². The molecule has 0 radical (unpaired) electrons. The summed E-state index contributed by atoms with van der Waals surface area (Å²) >= 11 is 0. The van der Waals surface area contributed by atoms with Gasteiger partial charge in [0.2, 0.25) is 0 Å². The van der Waals surface area contributed by atoms with Crippen molar-refractivity contribution in [1.29, 1.82) is 0 Å². The van der Waals surface area contributed by atoms with Crippen molar-refractivity contribution < 1.29 is 51.5 Å². The van der Waals surface area contributed by atoms with Gasteiger partial charge in [-0.1, -0.05) is 36.4 Å².